The molecule has 3 heterocycles. The first-order valence-electron chi connectivity index (χ1n) is 7.67. The van der Waals surface area contributed by atoms with Crippen molar-refractivity contribution in [3.05, 3.63) is 34.4 Å². The maximum atomic E-state index is 12.0. The van der Waals surface area contributed by atoms with Crippen molar-refractivity contribution in [3.8, 4) is 0 Å². The van der Waals surface area contributed by atoms with Crippen LogP contribution in [0.3, 0.4) is 0 Å². The molecule has 2 aliphatic heterocycles. The third-order valence-corrected chi connectivity index (χ3v) is 5.12. The predicted molar refractivity (Wildman–Crippen MR) is 89.8 cm³/mol. The van der Waals surface area contributed by atoms with Gasteiger partial charge in [-0.2, -0.15) is 0 Å². The number of hydrogen-bond donors (Lipinski definition) is 2. The van der Waals surface area contributed by atoms with Crippen molar-refractivity contribution >= 4 is 38.6 Å². The number of fused-ring (bicyclic) bond motifs is 2. The molecule has 2 fully saturated rings. The molecule has 120 valence electrons. The number of rotatable bonds is 2. The fourth-order valence-corrected chi connectivity index (χ4v) is 3.77. The third kappa shape index (κ3) is 2.64. The van der Waals surface area contributed by atoms with Crippen LogP contribution in [0.25, 0.3) is 10.9 Å². The molecule has 6 nitrogen and oxygen atoms in total. The van der Waals surface area contributed by atoms with Crippen LogP contribution in [0.1, 0.15) is 5.56 Å². The van der Waals surface area contributed by atoms with Gasteiger partial charge in [0.2, 0.25) is 11.8 Å². The molecular formula is C16H17BrN4O2. The van der Waals surface area contributed by atoms with Crippen LogP contribution in [0, 0.1) is 0 Å². The number of carbonyl (C=O) groups is 2. The van der Waals surface area contributed by atoms with Gasteiger partial charge in [-0.05, 0) is 23.8 Å². The minimum atomic E-state index is -0.359. The lowest BCUT2D eigenvalue weighted by atomic mass is 10.1. The standard InChI is InChI=1S/C16H17BrN4O2/c17-11-1-2-13-12(5-11)10(6-18-13)8-20-3-4-21-14(9-20)16(23)19-7-15(21)22/h1-2,5-6,14,18H,3-4,7-9H2,(H,19,23). The first-order chi connectivity index (χ1) is 11.1. The average Bonchev–Trinajstić information content (AvgIpc) is 2.93. The second kappa shape index (κ2) is 5.65. The zero-order valence-electron chi connectivity index (χ0n) is 12.5. The van der Waals surface area contributed by atoms with E-state index in [9.17, 15) is 9.59 Å². The number of nitrogens with zero attached hydrogens (tertiary/aromatic N) is 2. The summed E-state index contributed by atoms with van der Waals surface area (Å²) >= 11 is 3.51. The average molecular weight is 377 g/mol. The molecule has 7 heteroatoms. The summed E-state index contributed by atoms with van der Waals surface area (Å²) in [7, 11) is 0. The largest absolute Gasteiger partial charge is 0.361 e. The van der Waals surface area contributed by atoms with Crippen LogP contribution in [0.15, 0.2) is 28.9 Å². The van der Waals surface area contributed by atoms with Crippen molar-refractivity contribution in [1.82, 2.24) is 20.1 Å². The van der Waals surface area contributed by atoms with Crippen molar-refractivity contribution < 1.29 is 9.59 Å². The van der Waals surface area contributed by atoms with E-state index in [2.05, 4.69) is 37.2 Å². The van der Waals surface area contributed by atoms with Gasteiger partial charge >= 0.3 is 0 Å². The molecule has 2 amide bonds. The van der Waals surface area contributed by atoms with Gasteiger partial charge in [-0.1, -0.05) is 15.9 Å². The van der Waals surface area contributed by atoms with Gasteiger partial charge in [0, 0.05) is 47.8 Å². The van der Waals surface area contributed by atoms with Gasteiger partial charge in [-0.3, -0.25) is 14.5 Å². The van der Waals surface area contributed by atoms with E-state index in [1.807, 2.05) is 18.3 Å². The Balaban J connectivity index is 1.54. The summed E-state index contributed by atoms with van der Waals surface area (Å²) in [6, 6.07) is 5.81. The second-order valence-electron chi connectivity index (χ2n) is 6.06. The molecule has 2 N–H and O–H groups in total. The molecule has 4 rings (SSSR count). The van der Waals surface area contributed by atoms with Crippen LogP contribution in [0.2, 0.25) is 0 Å². The van der Waals surface area contributed by atoms with Crippen molar-refractivity contribution in [1.29, 1.82) is 0 Å². The number of halogens is 1. The molecule has 0 bridgehead atoms. The first-order valence-corrected chi connectivity index (χ1v) is 8.46. The van der Waals surface area contributed by atoms with E-state index < -0.39 is 0 Å². The Kier molecular flexibility index (Phi) is 3.61. The number of H-pyrrole nitrogens is 1. The summed E-state index contributed by atoms with van der Waals surface area (Å²) in [5.74, 6) is -0.0266. The Bertz CT molecular complexity index is 787. The molecule has 0 aliphatic carbocycles. The maximum absolute atomic E-state index is 12.0. The Hall–Kier alpha value is -1.86. The van der Waals surface area contributed by atoms with Crippen molar-refractivity contribution in [3.63, 3.8) is 0 Å². The van der Waals surface area contributed by atoms with Crippen molar-refractivity contribution in [2.24, 2.45) is 0 Å². The number of aromatic nitrogens is 1. The summed E-state index contributed by atoms with van der Waals surface area (Å²) in [4.78, 5) is 31.2. The highest BCUT2D eigenvalue weighted by Crippen LogP contribution is 2.25. The van der Waals surface area contributed by atoms with E-state index in [-0.39, 0.29) is 24.4 Å². The van der Waals surface area contributed by atoms with E-state index >= 15 is 0 Å². The molecule has 1 aromatic heterocycles. The van der Waals surface area contributed by atoms with Crippen molar-refractivity contribution in [2.75, 3.05) is 26.2 Å². The lowest BCUT2D eigenvalue weighted by Crippen LogP contribution is -2.65. The van der Waals surface area contributed by atoms with E-state index in [0.717, 1.165) is 23.1 Å². The second-order valence-corrected chi connectivity index (χ2v) is 6.98. The number of nitrogens with one attached hydrogen (secondary N) is 2. The van der Waals surface area contributed by atoms with Crippen LogP contribution >= 0.6 is 15.9 Å². The Labute approximate surface area is 141 Å². The highest BCUT2D eigenvalue weighted by Gasteiger charge is 2.38. The van der Waals surface area contributed by atoms with E-state index in [4.69, 9.17) is 0 Å². The smallest absolute Gasteiger partial charge is 0.244 e. The lowest BCUT2D eigenvalue weighted by Gasteiger charge is -2.42. The molecule has 0 saturated carbocycles. The fraction of sp³-hybridized carbons (Fsp3) is 0.375. The van der Waals surface area contributed by atoms with Gasteiger partial charge < -0.3 is 15.2 Å². The molecular weight excluding hydrogens is 360 g/mol. The SMILES string of the molecule is O=C1NCC(=O)N2CCN(Cc3c[nH]c4ccc(Br)cc34)CC12. The Morgan fingerprint density at radius 3 is 3.00 bits per heavy atom. The van der Waals surface area contributed by atoms with Crippen LogP contribution in [-0.2, 0) is 16.1 Å². The molecule has 1 aromatic carbocycles. The summed E-state index contributed by atoms with van der Waals surface area (Å²) in [5, 5.41) is 3.86. The number of benzene rings is 1. The van der Waals surface area contributed by atoms with Crippen LogP contribution in [0.5, 0.6) is 0 Å². The van der Waals surface area contributed by atoms with E-state index in [1.165, 1.54) is 10.9 Å². The Morgan fingerprint density at radius 1 is 1.26 bits per heavy atom. The van der Waals surface area contributed by atoms with Crippen LogP contribution < -0.4 is 5.32 Å². The fourth-order valence-electron chi connectivity index (χ4n) is 3.41. The maximum Gasteiger partial charge on any atom is 0.244 e. The molecule has 2 aliphatic rings. The Morgan fingerprint density at radius 2 is 2.13 bits per heavy atom. The minimum absolute atomic E-state index is 0.0188. The number of carbonyl (C=O) groups excluding carboxylic acids is 2. The van der Waals surface area contributed by atoms with E-state index in [1.54, 1.807) is 4.90 Å². The molecule has 1 unspecified atom stereocenters. The first kappa shape index (κ1) is 14.7. The predicted octanol–water partition coefficient (Wildman–Crippen LogP) is 1.07. The van der Waals surface area contributed by atoms with E-state index in [0.29, 0.717) is 13.1 Å². The van der Waals surface area contributed by atoms with Gasteiger partial charge in [-0.25, -0.2) is 0 Å². The molecule has 23 heavy (non-hydrogen) atoms. The number of aromatic amines is 1. The third-order valence-electron chi connectivity index (χ3n) is 4.62. The molecule has 1 atom stereocenters. The van der Waals surface area contributed by atoms with Gasteiger partial charge in [0.25, 0.3) is 0 Å². The van der Waals surface area contributed by atoms with Gasteiger partial charge in [0.1, 0.15) is 6.04 Å². The zero-order valence-corrected chi connectivity index (χ0v) is 14.1. The molecule has 0 radical (unpaired) electrons. The molecule has 2 saturated heterocycles. The van der Waals surface area contributed by atoms with Gasteiger partial charge in [0.15, 0.2) is 0 Å². The lowest BCUT2D eigenvalue weighted by molar-refractivity contribution is -0.149. The summed E-state index contributed by atoms with van der Waals surface area (Å²) in [6.07, 6.45) is 2.02. The summed E-state index contributed by atoms with van der Waals surface area (Å²) < 4.78 is 1.05. The summed E-state index contributed by atoms with van der Waals surface area (Å²) in [6.45, 7) is 2.88. The highest BCUT2D eigenvalue weighted by atomic mass is 79.9. The normalized spacial score (nSPS) is 22.3. The quantitative estimate of drug-likeness (QED) is 0.823. The highest BCUT2D eigenvalue weighted by molar-refractivity contribution is 9.10. The van der Waals surface area contributed by atoms with Gasteiger partial charge in [-0.15, -0.1) is 0 Å². The van der Waals surface area contributed by atoms with Gasteiger partial charge in [0.05, 0.1) is 6.54 Å². The molecule has 2 aromatic rings. The number of amides is 2. The van der Waals surface area contributed by atoms with Crippen LogP contribution in [0.4, 0.5) is 0 Å². The monoisotopic (exact) mass is 376 g/mol. The summed E-state index contributed by atoms with van der Waals surface area (Å²) in [5.41, 5.74) is 2.31. The number of piperazine rings is 2. The zero-order chi connectivity index (χ0) is 16.0. The minimum Gasteiger partial charge on any atom is -0.361 e. The van der Waals surface area contributed by atoms with Crippen LogP contribution in [-0.4, -0.2) is 58.8 Å². The topological polar surface area (TPSA) is 68.4 Å². The van der Waals surface area contributed by atoms with Crippen molar-refractivity contribution in [2.45, 2.75) is 12.6 Å². The molecule has 0 spiro atoms. The number of hydrogen-bond acceptors (Lipinski definition) is 3.